The van der Waals surface area contributed by atoms with E-state index in [1.807, 2.05) is 29.2 Å². The molecular weight excluding hydrogens is 304 g/mol. The smallest absolute Gasteiger partial charge is 0.226 e. The molecule has 0 radical (unpaired) electrons. The summed E-state index contributed by atoms with van der Waals surface area (Å²) in [6.07, 6.45) is 6.23. The lowest BCUT2D eigenvalue weighted by atomic mass is 10.0. The average Bonchev–Trinajstić information content (AvgIpc) is 3.26. The van der Waals surface area contributed by atoms with Crippen molar-refractivity contribution in [1.82, 2.24) is 15.1 Å². The van der Waals surface area contributed by atoms with E-state index >= 15 is 0 Å². The SMILES string of the molecule is CN(c1cccnn1)C1CCN(C(=O)[C@H]2C[C@@H]2c2ccco2)CC1. The molecule has 6 nitrogen and oxygen atoms in total. The van der Waals surface area contributed by atoms with Crippen molar-refractivity contribution in [2.45, 2.75) is 31.2 Å². The molecule has 4 rings (SSSR count). The molecule has 2 fully saturated rings. The molecule has 1 saturated heterocycles. The van der Waals surface area contributed by atoms with E-state index in [9.17, 15) is 4.79 Å². The van der Waals surface area contributed by atoms with E-state index in [1.54, 1.807) is 12.5 Å². The molecule has 2 aromatic rings. The predicted octanol–water partition coefficient (Wildman–Crippen LogP) is 2.30. The highest BCUT2D eigenvalue weighted by atomic mass is 16.3. The van der Waals surface area contributed by atoms with Crippen LogP contribution in [-0.2, 0) is 4.79 Å². The molecule has 0 bridgehead atoms. The van der Waals surface area contributed by atoms with Crippen molar-refractivity contribution in [2.75, 3.05) is 25.0 Å². The van der Waals surface area contributed by atoms with E-state index in [4.69, 9.17) is 4.42 Å². The summed E-state index contributed by atoms with van der Waals surface area (Å²) in [5.41, 5.74) is 0. The fourth-order valence-corrected chi connectivity index (χ4v) is 3.66. The van der Waals surface area contributed by atoms with Gasteiger partial charge in [0.1, 0.15) is 5.76 Å². The van der Waals surface area contributed by atoms with E-state index in [0.717, 1.165) is 43.9 Å². The number of amides is 1. The van der Waals surface area contributed by atoms with Crippen LogP contribution >= 0.6 is 0 Å². The maximum atomic E-state index is 12.7. The van der Waals surface area contributed by atoms with E-state index in [1.165, 1.54) is 0 Å². The lowest BCUT2D eigenvalue weighted by Gasteiger charge is -2.37. The molecule has 1 aliphatic heterocycles. The molecule has 0 spiro atoms. The Balaban J connectivity index is 1.31. The number of hydrogen-bond donors (Lipinski definition) is 0. The van der Waals surface area contributed by atoms with Crippen molar-refractivity contribution in [3.05, 3.63) is 42.5 Å². The third-order valence-corrected chi connectivity index (χ3v) is 5.26. The van der Waals surface area contributed by atoms with Gasteiger partial charge in [-0.15, -0.1) is 5.10 Å². The van der Waals surface area contributed by atoms with Crippen LogP contribution in [0.15, 0.2) is 41.1 Å². The Morgan fingerprint density at radius 2 is 2.12 bits per heavy atom. The van der Waals surface area contributed by atoms with Crippen LogP contribution in [0.2, 0.25) is 0 Å². The number of rotatable bonds is 4. The van der Waals surface area contributed by atoms with Crippen molar-refractivity contribution in [3.8, 4) is 0 Å². The maximum absolute atomic E-state index is 12.7. The molecule has 2 atom stereocenters. The number of carbonyl (C=O) groups excluding carboxylic acids is 1. The third kappa shape index (κ3) is 2.88. The summed E-state index contributed by atoms with van der Waals surface area (Å²) < 4.78 is 5.43. The summed E-state index contributed by atoms with van der Waals surface area (Å²) in [7, 11) is 2.06. The monoisotopic (exact) mass is 326 g/mol. The Hall–Kier alpha value is -2.37. The van der Waals surface area contributed by atoms with Crippen LogP contribution in [0.25, 0.3) is 0 Å². The molecule has 0 unspecified atom stereocenters. The Kier molecular flexibility index (Phi) is 3.96. The third-order valence-electron chi connectivity index (χ3n) is 5.26. The van der Waals surface area contributed by atoms with Crippen LogP contribution in [0.1, 0.15) is 30.9 Å². The minimum atomic E-state index is 0.116. The summed E-state index contributed by atoms with van der Waals surface area (Å²) >= 11 is 0. The molecule has 0 aromatic carbocycles. The van der Waals surface area contributed by atoms with E-state index in [2.05, 4.69) is 22.1 Å². The van der Waals surface area contributed by atoms with Crippen LogP contribution < -0.4 is 4.90 Å². The topological polar surface area (TPSA) is 62.5 Å². The summed E-state index contributed by atoms with van der Waals surface area (Å²) in [6.45, 7) is 1.63. The maximum Gasteiger partial charge on any atom is 0.226 e. The van der Waals surface area contributed by atoms with Gasteiger partial charge in [0.2, 0.25) is 5.91 Å². The van der Waals surface area contributed by atoms with Gasteiger partial charge in [-0.05, 0) is 43.5 Å². The molecule has 126 valence electrons. The van der Waals surface area contributed by atoms with Crippen LogP contribution in [-0.4, -0.2) is 47.2 Å². The first-order valence-corrected chi connectivity index (χ1v) is 8.57. The second-order valence-electron chi connectivity index (χ2n) is 6.71. The normalized spacial score (nSPS) is 24.0. The first kappa shape index (κ1) is 15.2. The minimum Gasteiger partial charge on any atom is -0.469 e. The zero-order valence-corrected chi connectivity index (χ0v) is 13.8. The zero-order chi connectivity index (χ0) is 16.5. The summed E-state index contributed by atoms with van der Waals surface area (Å²) in [4.78, 5) is 16.9. The highest BCUT2D eigenvalue weighted by Gasteiger charge is 2.47. The Bertz CT molecular complexity index is 680. The molecule has 0 N–H and O–H groups in total. The number of anilines is 1. The largest absolute Gasteiger partial charge is 0.469 e. The van der Waals surface area contributed by atoms with Gasteiger partial charge >= 0.3 is 0 Å². The van der Waals surface area contributed by atoms with Gasteiger partial charge in [-0.3, -0.25) is 4.79 Å². The fourth-order valence-electron chi connectivity index (χ4n) is 3.66. The van der Waals surface area contributed by atoms with E-state index in [0.29, 0.717) is 6.04 Å². The molecular formula is C18H22N4O2. The number of piperidine rings is 1. The lowest BCUT2D eigenvalue weighted by Crippen LogP contribution is -2.46. The Labute approximate surface area is 141 Å². The van der Waals surface area contributed by atoms with Crippen LogP contribution in [0.5, 0.6) is 0 Å². The van der Waals surface area contributed by atoms with E-state index < -0.39 is 0 Å². The highest BCUT2D eigenvalue weighted by Crippen LogP contribution is 2.48. The van der Waals surface area contributed by atoms with Gasteiger partial charge in [0.05, 0.1) is 6.26 Å². The van der Waals surface area contributed by atoms with Gasteiger partial charge in [-0.25, -0.2) is 0 Å². The highest BCUT2D eigenvalue weighted by molar-refractivity contribution is 5.83. The number of likely N-dealkylation sites (tertiary alicyclic amines) is 1. The molecule has 1 saturated carbocycles. The molecule has 24 heavy (non-hydrogen) atoms. The lowest BCUT2D eigenvalue weighted by molar-refractivity contribution is -0.133. The van der Waals surface area contributed by atoms with Crippen molar-refractivity contribution in [2.24, 2.45) is 5.92 Å². The number of hydrogen-bond acceptors (Lipinski definition) is 5. The molecule has 2 aromatic heterocycles. The molecule has 1 aliphatic carbocycles. The van der Waals surface area contributed by atoms with Gasteiger partial charge in [0, 0.05) is 44.2 Å². The van der Waals surface area contributed by atoms with Crippen molar-refractivity contribution in [1.29, 1.82) is 0 Å². The number of nitrogens with zero attached hydrogens (tertiary/aromatic N) is 4. The number of carbonyl (C=O) groups is 1. The van der Waals surface area contributed by atoms with Gasteiger partial charge in [-0.1, -0.05) is 0 Å². The van der Waals surface area contributed by atoms with Gasteiger partial charge in [-0.2, -0.15) is 5.10 Å². The molecule has 3 heterocycles. The summed E-state index contributed by atoms with van der Waals surface area (Å²) in [5, 5.41) is 8.11. The van der Waals surface area contributed by atoms with Gasteiger partial charge < -0.3 is 14.2 Å². The van der Waals surface area contributed by atoms with Crippen molar-refractivity contribution >= 4 is 11.7 Å². The van der Waals surface area contributed by atoms with Crippen molar-refractivity contribution < 1.29 is 9.21 Å². The Morgan fingerprint density at radius 3 is 2.79 bits per heavy atom. The zero-order valence-electron chi connectivity index (χ0n) is 13.8. The summed E-state index contributed by atoms with van der Waals surface area (Å²) in [6, 6.07) is 8.15. The quantitative estimate of drug-likeness (QED) is 0.863. The average molecular weight is 326 g/mol. The predicted molar refractivity (Wildman–Crippen MR) is 89.6 cm³/mol. The second-order valence-corrected chi connectivity index (χ2v) is 6.71. The molecule has 2 aliphatic rings. The first-order valence-electron chi connectivity index (χ1n) is 8.57. The Morgan fingerprint density at radius 1 is 1.29 bits per heavy atom. The minimum absolute atomic E-state index is 0.116. The second kappa shape index (κ2) is 6.26. The van der Waals surface area contributed by atoms with Crippen LogP contribution in [0.4, 0.5) is 5.82 Å². The van der Waals surface area contributed by atoms with E-state index in [-0.39, 0.29) is 17.7 Å². The number of aromatic nitrogens is 2. The first-order chi connectivity index (χ1) is 11.7. The summed E-state index contributed by atoms with van der Waals surface area (Å²) in [5.74, 6) is 2.53. The van der Waals surface area contributed by atoms with Gasteiger partial charge in [0.15, 0.2) is 5.82 Å². The number of furan rings is 1. The van der Waals surface area contributed by atoms with Crippen molar-refractivity contribution in [3.63, 3.8) is 0 Å². The molecule has 1 amide bonds. The van der Waals surface area contributed by atoms with Crippen LogP contribution in [0, 0.1) is 5.92 Å². The van der Waals surface area contributed by atoms with Gasteiger partial charge in [0.25, 0.3) is 0 Å². The standard InChI is InChI=1S/C18H22N4O2/c1-21(17-5-2-8-19-20-17)13-6-9-22(10-7-13)18(23)15-12-14(15)16-4-3-11-24-16/h2-5,8,11,13-15H,6-7,9-10,12H2,1H3/t14-,15-/m0/s1. The van der Waals surface area contributed by atoms with Crippen LogP contribution in [0.3, 0.4) is 0 Å². The fraction of sp³-hybridized carbons (Fsp3) is 0.500. The molecule has 6 heteroatoms.